The fraction of sp³-hybridized carbons (Fsp3) is 0.300. The topological polar surface area (TPSA) is 26.3 Å². The van der Waals surface area contributed by atoms with Crippen LogP contribution in [0.25, 0.3) is 0 Å². The lowest BCUT2D eigenvalue weighted by atomic mass is 10.00. The van der Waals surface area contributed by atoms with Gasteiger partial charge in [0.1, 0.15) is 6.10 Å². The van der Waals surface area contributed by atoms with Gasteiger partial charge in [0.2, 0.25) is 0 Å². The first-order chi connectivity index (χ1) is 6.16. The predicted octanol–water partition coefficient (Wildman–Crippen LogP) is 2.55. The zero-order valence-corrected chi connectivity index (χ0v) is 8.80. The fourth-order valence-electron chi connectivity index (χ4n) is 1.53. The molecule has 0 bridgehead atoms. The van der Waals surface area contributed by atoms with Gasteiger partial charge in [0.25, 0.3) is 0 Å². The predicted molar refractivity (Wildman–Crippen MR) is 52.7 cm³/mol. The van der Waals surface area contributed by atoms with Crippen LogP contribution in [0, 0.1) is 0 Å². The number of carbonyl (C=O) groups is 1. The molecule has 2 nitrogen and oxygen atoms in total. The minimum absolute atomic E-state index is 0.00528. The van der Waals surface area contributed by atoms with Crippen molar-refractivity contribution in [2.45, 2.75) is 19.4 Å². The molecule has 0 saturated heterocycles. The molecule has 1 aliphatic heterocycles. The molecule has 0 saturated carbocycles. The van der Waals surface area contributed by atoms with E-state index >= 15 is 0 Å². The van der Waals surface area contributed by atoms with Gasteiger partial charge in [-0.25, -0.2) is 4.79 Å². The van der Waals surface area contributed by atoms with Crippen LogP contribution in [0.1, 0.15) is 22.8 Å². The molecule has 0 radical (unpaired) electrons. The number of rotatable bonds is 0. The Morgan fingerprint density at radius 3 is 3.08 bits per heavy atom. The van der Waals surface area contributed by atoms with Gasteiger partial charge in [-0.15, -0.1) is 0 Å². The molecule has 0 amide bonds. The third-order valence-electron chi connectivity index (χ3n) is 2.10. The van der Waals surface area contributed by atoms with E-state index in [0.29, 0.717) is 5.56 Å². The zero-order chi connectivity index (χ0) is 9.42. The first-order valence-corrected chi connectivity index (χ1v) is 4.95. The van der Waals surface area contributed by atoms with E-state index in [2.05, 4.69) is 15.9 Å². The van der Waals surface area contributed by atoms with Crippen LogP contribution in [-0.2, 0) is 11.2 Å². The van der Waals surface area contributed by atoms with E-state index in [1.807, 2.05) is 19.1 Å². The van der Waals surface area contributed by atoms with Gasteiger partial charge in [0.15, 0.2) is 0 Å². The van der Waals surface area contributed by atoms with Crippen LogP contribution >= 0.6 is 15.9 Å². The summed E-state index contributed by atoms with van der Waals surface area (Å²) in [5.41, 5.74) is 1.76. The number of fused-ring (bicyclic) bond motifs is 1. The molecule has 1 aliphatic rings. The van der Waals surface area contributed by atoms with Gasteiger partial charge in [-0.05, 0) is 30.7 Å². The maximum Gasteiger partial charge on any atom is 0.338 e. The van der Waals surface area contributed by atoms with E-state index in [4.69, 9.17) is 4.74 Å². The first-order valence-electron chi connectivity index (χ1n) is 4.16. The Kier molecular flexibility index (Phi) is 2.12. The minimum Gasteiger partial charge on any atom is -0.459 e. The molecular weight excluding hydrogens is 232 g/mol. The Balaban J connectivity index is 2.49. The highest BCUT2D eigenvalue weighted by molar-refractivity contribution is 9.10. The molecule has 0 unspecified atom stereocenters. The van der Waals surface area contributed by atoms with E-state index in [1.165, 1.54) is 0 Å². The molecule has 1 heterocycles. The Morgan fingerprint density at radius 1 is 1.54 bits per heavy atom. The molecule has 68 valence electrons. The van der Waals surface area contributed by atoms with Crippen LogP contribution in [-0.4, -0.2) is 12.1 Å². The summed E-state index contributed by atoms with van der Waals surface area (Å²) in [6, 6.07) is 5.63. The normalized spacial score (nSPS) is 20.8. The fourth-order valence-corrected chi connectivity index (χ4v) is 1.94. The molecule has 0 aliphatic carbocycles. The minimum atomic E-state index is -0.207. The maximum atomic E-state index is 11.4. The number of halogens is 1. The molecule has 0 fully saturated rings. The van der Waals surface area contributed by atoms with Crippen molar-refractivity contribution in [2.75, 3.05) is 0 Å². The average Bonchev–Trinajstić information content (AvgIpc) is 2.02. The Morgan fingerprint density at radius 2 is 2.31 bits per heavy atom. The lowest BCUT2D eigenvalue weighted by Crippen LogP contribution is -2.24. The van der Waals surface area contributed by atoms with Crippen molar-refractivity contribution < 1.29 is 9.53 Å². The van der Waals surface area contributed by atoms with E-state index in [0.717, 1.165) is 16.5 Å². The van der Waals surface area contributed by atoms with E-state index in [-0.39, 0.29) is 12.1 Å². The summed E-state index contributed by atoms with van der Waals surface area (Å²) in [5, 5.41) is 0. The summed E-state index contributed by atoms with van der Waals surface area (Å²) in [5.74, 6) is -0.207. The van der Waals surface area contributed by atoms with Crippen molar-refractivity contribution in [1.29, 1.82) is 0 Å². The van der Waals surface area contributed by atoms with Crippen LogP contribution in [0.3, 0.4) is 0 Å². The summed E-state index contributed by atoms with van der Waals surface area (Å²) in [6.07, 6.45) is 0.801. The lowest BCUT2D eigenvalue weighted by Gasteiger charge is -2.21. The number of hydrogen-bond donors (Lipinski definition) is 0. The van der Waals surface area contributed by atoms with Crippen LogP contribution in [0.4, 0.5) is 0 Å². The molecule has 0 N–H and O–H groups in total. The van der Waals surface area contributed by atoms with Gasteiger partial charge >= 0.3 is 5.97 Å². The second-order valence-corrected chi connectivity index (χ2v) is 4.14. The van der Waals surface area contributed by atoms with Gasteiger partial charge in [-0.1, -0.05) is 15.9 Å². The van der Waals surface area contributed by atoms with Crippen LogP contribution in [0.15, 0.2) is 22.7 Å². The molecule has 1 aromatic carbocycles. The molecule has 2 rings (SSSR count). The summed E-state index contributed by atoms with van der Waals surface area (Å²) in [6.45, 7) is 1.90. The molecular formula is C10H9BrO2. The summed E-state index contributed by atoms with van der Waals surface area (Å²) in [7, 11) is 0. The molecule has 13 heavy (non-hydrogen) atoms. The van der Waals surface area contributed by atoms with Gasteiger partial charge in [-0.3, -0.25) is 0 Å². The van der Waals surface area contributed by atoms with Gasteiger partial charge in [0, 0.05) is 10.9 Å². The van der Waals surface area contributed by atoms with Crippen molar-refractivity contribution in [3.05, 3.63) is 33.8 Å². The standard InChI is InChI=1S/C10H9BrO2/c1-6-4-7-5-8(11)2-3-9(7)10(12)13-6/h2-3,5-6H,4H2,1H3/t6-/m1/s1. The summed E-state index contributed by atoms with van der Waals surface area (Å²) < 4.78 is 6.11. The van der Waals surface area contributed by atoms with Crippen molar-refractivity contribution in [3.63, 3.8) is 0 Å². The van der Waals surface area contributed by atoms with Crippen molar-refractivity contribution >= 4 is 21.9 Å². The van der Waals surface area contributed by atoms with E-state index in [9.17, 15) is 4.79 Å². The Labute approximate surface area is 85.0 Å². The third kappa shape index (κ3) is 1.61. The van der Waals surface area contributed by atoms with Gasteiger partial charge < -0.3 is 4.74 Å². The number of hydrogen-bond acceptors (Lipinski definition) is 2. The second kappa shape index (κ2) is 3.14. The van der Waals surface area contributed by atoms with Crippen LogP contribution < -0.4 is 0 Å². The first kappa shape index (κ1) is 8.75. The average molecular weight is 241 g/mol. The quantitative estimate of drug-likeness (QED) is 0.652. The highest BCUT2D eigenvalue weighted by atomic mass is 79.9. The molecule has 0 spiro atoms. The molecule has 0 aromatic heterocycles. The van der Waals surface area contributed by atoms with Gasteiger partial charge in [-0.2, -0.15) is 0 Å². The summed E-state index contributed by atoms with van der Waals surface area (Å²) >= 11 is 3.38. The van der Waals surface area contributed by atoms with Crippen molar-refractivity contribution in [2.24, 2.45) is 0 Å². The van der Waals surface area contributed by atoms with E-state index in [1.54, 1.807) is 6.07 Å². The zero-order valence-electron chi connectivity index (χ0n) is 7.21. The lowest BCUT2D eigenvalue weighted by molar-refractivity contribution is 0.0301. The van der Waals surface area contributed by atoms with Crippen LogP contribution in [0.2, 0.25) is 0 Å². The smallest absolute Gasteiger partial charge is 0.338 e. The van der Waals surface area contributed by atoms with Gasteiger partial charge in [0.05, 0.1) is 5.56 Å². The summed E-state index contributed by atoms with van der Waals surface area (Å²) in [4.78, 5) is 11.4. The van der Waals surface area contributed by atoms with E-state index < -0.39 is 0 Å². The molecule has 1 aromatic rings. The largest absolute Gasteiger partial charge is 0.459 e. The van der Waals surface area contributed by atoms with Crippen molar-refractivity contribution in [3.8, 4) is 0 Å². The molecule has 1 atom stereocenters. The Bertz CT molecular complexity index is 360. The molecule has 3 heteroatoms. The highest BCUT2D eigenvalue weighted by Crippen LogP contribution is 2.23. The number of cyclic esters (lactones) is 1. The monoisotopic (exact) mass is 240 g/mol. The third-order valence-corrected chi connectivity index (χ3v) is 2.60. The van der Waals surface area contributed by atoms with Crippen LogP contribution in [0.5, 0.6) is 0 Å². The highest BCUT2D eigenvalue weighted by Gasteiger charge is 2.22. The number of benzene rings is 1. The van der Waals surface area contributed by atoms with Crippen molar-refractivity contribution in [1.82, 2.24) is 0 Å². The number of esters is 1. The second-order valence-electron chi connectivity index (χ2n) is 3.22. The Hall–Kier alpha value is -0.830. The number of carbonyl (C=O) groups excluding carboxylic acids is 1. The SMILES string of the molecule is C[C@@H]1Cc2cc(Br)ccc2C(=O)O1. The maximum absolute atomic E-state index is 11.4. The number of ether oxygens (including phenoxy) is 1.